The molecule has 2 bridgehead atoms. The lowest BCUT2D eigenvalue weighted by atomic mass is 9.73. The van der Waals surface area contributed by atoms with Gasteiger partial charge in [0, 0.05) is 29.1 Å². The van der Waals surface area contributed by atoms with Gasteiger partial charge in [0.25, 0.3) is 0 Å². The maximum absolute atomic E-state index is 13.7. The van der Waals surface area contributed by atoms with E-state index in [1.807, 2.05) is 54.6 Å². The van der Waals surface area contributed by atoms with Crippen LogP contribution in [-0.4, -0.2) is 47.2 Å². The summed E-state index contributed by atoms with van der Waals surface area (Å²) in [5, 5.41) is 13.4. The molecule has 0 saturated carbocycles. The Hall–Kier alpha value is -3.90. The molecule has 1 unspecified atom stereocenters. The molecule has 0 radical (unpaired) electrons. The average molecular weight is 495 g/mol. The van der Waals surface area contributed by atoms with Crippen LogP contribution in [0.4, 0.5) is 0 Å². The molecule has 0 amide bonds. The second-order valence-electron chi connectivity index (χ2n) is 10.0. The van der Waals surface area contributed by atoms with E-state index < -0.39 is 12.1 Å². The van der Waals surface area contributed by atoms with Crippen LogP contribution in [0.1, 0.15) is 34.9 Å². The largest absolute Gasteiger partial charge is 0.506 e. The average Bonchev–Trinajstić information content (AvgIpc) is 2.95. The number of benzene rings is 3. The molecule has 3 aromatic carbocycles. The Morgan fingerprint density at radius 1 is 1.16 bits per heavy atom. The number of esters is 1. The Morgan fingerprint density at radius 2 is 2.03 bits per heavy atom. The molecule has 5 atom stereocenters. The van der Waals surface area contributed by atoms with Crippen LogP contribution < -0.4 is 4.74 Å². The maximum atomic E-state index is 13.7. The van der Waals surface area contributed by atoms with Crippen LogP contribution in [0.5, 0.6) is 11.5 Å². The summed E-state index contributed by atoms with van der Waals surface area (Å²) in [6.45, 7) is 5.91. The van der Waals surface area contributed by atoms with Crippen molar-refractivity contribution in [2.75, 3.05) is 20.2 Å². The fourth-order valence-corrected chi connectivity index (χ4v) is 6.16. The molecule has 1 aromatic heterocycles. The third kappa shape index (κ3) is 4.11. The van der Waals surface area contributed by atoms with E-state index in [1.165, 1.54) is 0 Å². The summed E-state index contributed by atoms with van der Waals surface area (Å²) in [4.78, 5) is 20.6. The summed E-state index contributed by atoms with van der Waals surface area (Å²) in [7, 11) is 1.64. The minimum absolute atomic E-state index is 0.0123. The summed E-state index contributed by atoms with van der Waals surface area (Å²) in [6.07, 6.45) is 5.32. The van der Waals surface area contributed by atoms with Gasteiger partial charge in [-0.15, -0.1) is 6.58 Å². The lowest BCUT2D eigenvalue weighted by molar-refractivity contribution is -0.0568. The third-order valence-corrected chi connectivity index (χ3v) is 8.15. The molecule has 188 valence electrons. The summed E-state index contributed by atoms with van der Waals surface area (Å²) in [5.74, 6) is 1.08. The van der Waals surface area contributed by atoms with Crippen LogP contribution in [-0.2, 0) is 4.74 Å². The minimum atomic E-state index is -0.538. The Morgan fingerprint density at radius 3 is 2.81 bits per heavy atom. The Balaban J connectivity index is 1.43. The van der Waals surface area contributed by atoms with Crippen molar-refractivity contribution in [2.45, 2.75) is 25.0 Å². The van der Waals surface area contributed by atoms with Crippen molar-refractivity contribution in [3.05, 3.63) is 90.6 Å². The number of hydrogen-bond donors (Lipinski definition) is 1. The highest BCUT2D eigenvalue weighted by Crippen LogP contribution is 2.44. The van der Waals surface area contributed by atoms with Crippen LogP contribution in [0, 0.1) is 11.8 Å². The maximum Gasteiger partial charge on any atom is 0.342 e. The van der Waals surface area contributed by atoms with Gasteiger partial charge in [-0.3, -0.25) is 9.88 Å². The van der Waals surface area contributed by atoms with E-state index >= 15 is 0 Å². The number of pyridine rings is 1. The van der Waals surface area contributed by atoms with Gasteiger partial charge in [0.05, 0.1) is 18.7 Å². The number of phenols is 1. The number of nitrogens with zero attached hydrogens (tertiary/aromatic N) is 2. The zero-order chi connectivity index (χ0) is 25.5. The molecule has 7 rings (SSSR count). The third-order valence-electron chi connectivity index (χ3n) is 8.15. The fourth-order valence-electron chi connectivity index (χ4n) is 6.16. The second-order valence-corrected chi connectivity index (χ2v) is 10.0. The lowest BCUT2D eigenvalue weighted by Crippen LogP contribution is -2.55. The Bertz CT molecular complexity index is 1500. The molecule has 3 fully saturated rings. The molecule has 37 heavy (non-hydrogen) atoms. The van der Waals surface area contributed by atoms with E-state index in [-0.39, 0.29) is 17.4 Å². The van der Waals surface area contributed by atoms with Gasteiger partial charge in [-0.05, 0) is 66.9 Å². The molecular formula is C31H30N2O4. The molecule has 4 heterocycles. The van der Waals surface area contributed by atoms with E-state index in [9.17, 15) is 9.90 Å². The molecule has 0 spiro atoms. The molecule has 3 aliphatic heterocycles. The first-order chi connectivity index (χ1) is 18.1. The van der Waals surface area contributed by atoms with Crippen molar-refractivity contribution in [3.8, 4) is 11.5 Å². The van der Waals surface area contributed by atoms with Gasteiger partial charge in [-0.1, -0.05) is 36.4 Å². The number of aromatic hydroxyl groups is 1. The smallest absolute Gasteiger partial charge is 0.342 e. The van der Waals surface area contributed by atoms with Gasteiger partial charge in [-0.2, -0.15) is 0 Å². The lowest BCUT2D eigenvalue weighted by Gasteiger charge is -2.51. The van der Waals surface area contributed by atoms with Crippen molar-refractivity contribution in [1.82, 2.24) is 9.88 Å². The predicted molar refractivity (Wildman–Crippen MR) is 144 cm³/mol. The van der Waals surface area contributed by atoms with E-state index in [2.05, 4.69) is 22.5 Å². The van der Waals surface area contributed by atoms with Crippen molar-refractivity contribution in [1.29, 1.82) is 0 Å². The number of phenolic OH excluding ortho intramolecular Hbond substituents is 1. The Kier molecular flexibility index (Phi) is 6.05. The monoisotopic (exact) mass is 494 g/mol. The summed E-state index contributed by atoms with van der Waals surface area (Å²) in [5.41, 5.74) is 1.87. The van der Waals surface area contributed by atoms with Crippen LogP contribution in [0.3, 0.4) is 0 Å². The van der Waals surface area contributed by atoms with Gasteiger partial charge >= 0.3 is 5.97 Å². The summed E-state index contributed by atoms with van der Waals surface area (Å²) < 4.78 is 11.9. The molecule has 1 N–H and O–H groups in total. The molecular weight excluding hydrogens is 464 g/mol. The van der Waals surface area contributed by atoms with Gasteiger partial charge in [-0.25, -0.2) is 4.79 Å². The van der Waals surface area contributed by atoms with Gasteiger partial charge in [0.15, 0.2) is 0 Å². The van der Waals surface area contributed by atoms with Crippen molar-refractivity contribution in [2.24, 2.45) is 11.8 Å². The zero-order valence-corrected chi connectivity index (χ0v) is 20.8. The number of carbonyl (C=O) groups excluding carboxylic acids is 1. The normalized spacial score (nSPS) is 23.6. The first-order valence-electron chi connectivity index (χ1n) is 12.8. The van der Waals surface area contributed by atoms with Crippen molar-refractivity contribution >= 4 is 27.6 Å². The number of fused-ring (bicyclic) bond motifs is 5. The quantitative estimate of drug-likeness (QED) is 0.266. The number of carbonyl (C=O) groups is 1. The molecule has 0 aliphatic carbocycles. The van der Waals surface area contributed by atoms with Crippen molar-refractivity contribution < 1.29 is 19.4 Å². The minimum Gasteiger partial charge on any atom is -0.506 e. The summed E-state index contributed by atoms with van der Waals surface area (Å²) in [6, 6.07) is 18.7. The summed E-state index contributed by atoms with van der Waals surface area (Å²) >= 11 is 0. The highest BCUT2D eigenvalue weighted by molar-refractivity contribution is 6.01. The second kappa shape index (κ2) is 9.52. The standard InChI is InChI=1S/C31H30N2O4/c1-3-19-18-33-15-13-21(19)16-28(33)30(24-12-14-32-27-11-9-22(36-2)17-26(24)27)37-31(35)25-10-8-20-6-4-5-7-23(20)29(25)34/h3-12,14,17,19,21,28,30,34H,1,13,15-16,18H2,2H3/t19-,21-,28+,30-/m0/s1. The van der Waals surface area contributed by atoms with Crippen LogP contribution in [0.2, 0.25) is 0 Å². The fraction of sp³-hybridized carbons (Fsp3) is 0.290. The molecule has 6 heteroatoms. The molecule has 3 aliphatic rings. The zero-order valence-electron chi connectivity index (χ0n) is 20.8. The SMILES string of the molecule is C=C[C@H]1CN2CC[C@H]1C[C@@H]2[C@@H](OC(=O)c1ccc2ccccc2c1O)c1ccnc2ccc(OC)cc12. The molecule has 3 saturated heterocycles. The highest BCUT2D eigenvalue weighted by atomic mass is 16.5. The van der Waals surface area contributed by atoms with Crippen LogP contribution in [0.15, 0.2) is 79.5 Å². The van der Waals surface area contributed by atoms with Crippen molar-refractivity contribution in [3.63, 3.8) is 0 Å². The highest BCUT2D eigenvalue weighted by Gasteiger charge is 2.44. The number of hydrogen-bond acceptors (Lipinski definition) is 6. The van der Waals surface area contributed by atoms with E-state index in [4.69, 9.17) is 9.47 Å². The van der Waals surface area contributed by atoms with E-state index in [1.54, 1.807) is 19.4 Å². The molecule has 6 nitrogen and oxygen atoms in total. The molecule has 4 aromatic rings. The van der Waals surface area contributed by atoms with Gasteiger partial charge in [0.2, 0.25) is 0 Å². The Labute approximate surface area is 216 Å². The van der Waals surface area contributed by atoms with Gasteiger partial charge < -0.3 is 14.6 Å². The van der Waals surface area contributed by atoms with Crippen LogP contribution >= 0.6 is 0 Å². The van der Waals surface area contributed by atoms with E-state index in [0.717, 1.165) is 53.5 Å². The predicted octanol–water partition coefficient (Wildman–Crippen LogP) is 5.90. The number of ether oxygens (including phenoxy) is 2. The van der Waals surface area contributed by atoms with Gasteiger partial charge in [0.1, 0.15) is 23.2 Å². The number of piperidine rings is 3. The number of aromatic nitrogens is 1. The number of methoxy groups -OCH3 is 1. The first kappa shape index (κ1) is 23.5. The first-order valence-corrected chi connectivity index (χ1v) is 12.8. The topological polar surface area (TPSA) is 71.9 Å². The van der Waals surface area contributed by atoms with Crippen LogP contribution in [0.25, 0.3) is 21.7 Å². The number of rotatable bonds is 6. The van der Waals surface area contributed by atoms with E-state index in [0.29, 0.717) is 17.2 Å².